The van der Waals surface area contributed by atoms with Crippen LogP contribution < -0.4 is 0 Å². The molecule has 0 aliphatic carbocycles. The zero-order chi connectivity index (χ0) is 20.4. The first kappa shape index (κ1) is 19.1. The van der Waals surface area contributed by atoms with Crippen LogP contribution in [-0.2, 0) is 18.3 Å². The van der Waals surface area contributed by atoms with Crippen molar-refractivity contribution in [1.82, 2.24) is 24.3 Å². The second kappa shape index (κ2) is 8.03. The van der Waals surface area contributed by atoms with Crippen LogP contribution in [-0.4, -0.2) is 62.3 Å². The number of nitrogens with zero attached hydrogens (tertiary/aromatic N) is 5. The summed E-state index contributed by atoms with van der Waals surface area (Å²) in [6.45, 7) is 4.16. The van der Waals surface area contributed by atoms with Gasteiger partial charge >= 0.3 is 0 Å². The lowest BCUT2D eigenvalue weighted by Gasteiger charge is -2.22. The van der Waals surface area contributed by atoms with Crippen LogP contribution in [0, 0.1) is 6.92 Å². The number of benzene rings is 1. The molecule has 1 fully saturated rings. The molecule has 2 aromatic heterocycles. The van der Waals surface area contributed by atoms with Gasteiger partial charge in [0.15, 0.2) is 0 Å². The highest BCUT2D eigenvalue weighted by Crippen LogP contribution is 2.21. The molecule has 4 rings (SSSR count). The Bertz CT molecular complexity index is 1040. The summed E-state index contributed by atoms with van der Waals surface area (Å²) in [6, 6.07) is 8.13. The third-order valence-electron chi connectivity index (χ3n) is 5.46. The lowest BCUT2D eigenvalue weighted by atomic mass is 10.1. The van der Waals surface area contributed by atoms with Crippen molar-refractivity contribution >= 4 is 22.7 Å². The maximum atomic E-state index is 12.9. The number of carbonyl (C=O) groups excluding carboxylic acids is 2. The van der Waals surface area contributed by atoms with E-state index in [1.54, 1.807) is 11.1 Å². The molecular weight excluding hydrogens is 366 g/mol. The maximum Gasteiger partial charge on any atom is 0.274 e. The maximum absolute atomic E-state index is 12.9. The highest BCUT2D eigenvalue weighted by molar-refractivity contribution is 5.92. The number of hydrogen-bond acceptors (Lipinski definition) is 4. The number of amides is 2. The number of rotatable bonds is 3. The predicted molar refractivity (Wildman–Crippen MR) is 110 cm³/mol. The Labute approximate surface area is 170 Å². The molecule has 1 saturated heterocycles. The number of hydrogen-bond donors (Lipinski definition) is 0. The molecule has 3 heterocycles. The van der Waals surface area contributed by atoms with Gasteiger partial charge in [-0.25, -0.2) is 4.98 Å². The highest BCUT2D eigenvalue weighted by Gasteiger charge is 2.24. The van der Waals surface area contributed by atoms with Crippen molar-refractivity contribution in [2.24, 2.45) is 7.05 Å². The molecule has 0 atom stereocenters. The van der Waals surface area contributed by atoms with Crippen LogP contribution in [0.2, 0.25) is 0 Å². The first-order valence-electron chi connectivity index (χ1n) is 9.91. The monoisotopic (exact) mass is 391 g/mol. The Morgan fingerprint density at radius 1 is 1.00 bits per heavy atom. The Hall–Kier alpha value is -3.22. The van der Waals surface area contributed by atoms with Crippen LogP contribution in [0.5, 0.6) is 0 Å². The van der Waals surface area contributed by atoms with Gasteiger partial charge in [-0.2, -0.15) is 0 Å². The Morgan fingerprint density at radius 3 is 2.55 bits per heavy atom. The third-order valence-corrected chi connectivity index (χ3v) is 5.46. The van der Waals surface area contributed by atoms with Crippen LogP contribution in [0.3, 0.4) is 0 Å². The van der Waals surface area contributed by atoms with Gasteiger partial charge in [0.1, 0.15) is 5.69 Å². The summed E-state index contributed by atoms with van der Waals surface area (Å²) >= 11 is 0. The SMILES string of the molecule is Cc1cnc(C(=O)N2CCCN(C(=O)Cc3cn(C)c4ccccc34)CC2)cn1. The fraction of sp³-hybridized carbons (Fsp3) is 0.364. The van der Waals surface area contributed by atoms with Crippen LogP contribution in [0.4, 0.5) is 0 Å². The molecule has 7 nitrogen and oxygen atoms in total. The smallest absolute Gasteiger partial charge is 0.274 e. The Balaban J connectivity index is 1.42. The fourth-order valence-electron chi connectivity index (χ4n) is 3.88. The molecule has 1 aromatic carbocycles. The van der Waals surface area contributed by atoms with Crippen LogP contribution >= 0.6 is 0 Å². The van der Waals surface area contributed by atoms with Crippen molar-refractivity contribution in [1.29, 1.82) is 0 Å². The molecule has 0 radical (unpaired) electrons. The summed E-state index contributed by atoms with van der Waals surface area (Å²) in [4.78, 5) is 37.6. The summed E-state index contributed by atoms with van der Waals surface area (Å²) in [6.07, 6.45) is 6.29. The van der Waals surface area contributed by atoms with E-state index in [1.165, 1.54) is 6.20 Å². The zero-order valence-electron chi connectivity index (χ0n) is 16.8. The van der Waals surface area contributed by atoms with Gasteiger partial charge in [-0.05, 0) is 25.0 Å². The molecule has 2 amide bonds. The summed E-state index contributed by atoms with van der Waals surface area (Å²) in [7, 11) is 2.00. The molecule has 150 valence electrons. The molecule has 0 spiro atoms. The topological polar surface area (TPSA) is 71.3 Å². The van der Waals surface area contributed by atoms with Gasteiger partial charge in [0.25, 0.3) is 5.91 Å². The summed E-state index contributed by atoms with van der Waals surface area (Å²) in [5.41, 5.74) is 3.30. The van der Waals surface area contributed by atoms with Crippen molar-refractivity contribution in [3.63, 3.8) is 0 Å². The average Bonchev–Trinajstić information content (AvgIpc) is 2.90. The van der Waals surface area contributed by atoms with E-state index >= 15 is 0 Å². The minimum Gasteiger partial charge on any atom is -0.350 e. The van der Waals surface area contributed by atoms with E-state index in [4.69, 9.17) is 0 Å². The molecule has 0 N–H and O–H groups in total. The van der Waals surface area contributed by atoms with Crippen molar-refractivity contribution < 1.29 is 9.59 Å². The molecule has 1 aliphatic heterocycles. The number of aromatic nitrogens is 3. The first-order valence-corrected chi connectivity index (χ1v) is 9.91. The van der Waals surface area contributed by atoms with Gasteiger partial charge in [0.2, 0.25) is 5.91 Å². The van der Waals surface area contributed by atoms with E-state index in [-0.39, 0.29) is 11.8 Å². The Morgan fingerprint density at radius 2 is 1.76 bits per heavy atom. The summed E-state index contributed by atoms with van der Waals surface area (Å²) in [5.74, 6) is -0.0216. The van der Waals surface area contributed by atoms with E-state index in [0.29, 0.717) is 38.3 Å². The standard InChI is InChI=1S/C22H25N5O2/c1-16-13-24-19(14-23-16)22(29)27-9-5-8-26(10-11-27)21(28)12-17-15-25(2)20-7-4-3-6-18(17)20/h3-4,6-7,13-15H,5,8-12H2,1-2H3. The van der Waals surface area contributed by atoms with Crippen LogP contribution in [0.1, 0.15) is 28.2 Å². The molecule has 3 aromatic rings. The lowest BCUT2D eigenvalue weighted by Crippen LogP contribution is -2.38. The zero-order valence-corrected chi connectivity index (χ0v) is 16.8. The fourth-order valence-corrected chi connectivity index (χ4v) is 3.88. The quantitative estimate of drug-likeness (QED) is 0.686. The molecular formula is C22H25N5O2. The van der Waals surface area contributed by atoms with E-state index < -0.39 is 0 Å². The summed E-state index contributed by atoms with van der Waals surface area (Å²) in [5, 5.41) is 1.12. The van der Waals surface area contributed by atoms with Gasteiger partial charge in [0.05, 0.1) is 18.3 Å². The normalized spacial score (nSPS) is 14.8. The van der Waals surface area contributed by atoms with Gasteiger partial charge in [-0.15, -0.1) is 0 Å². The average molecular weight is 391 g/mol. The van der Waals surface area contributed by atoms with E-state index in [1.807, 2.05) is 37.2 Å². The predicted octanol–water partition coefficient (Wildman–Crippen LogP) is 2.19. The van der Waals surface area contributed by atoms with Gasteiger partial charge < -0.3 is 14.4 Å². The molecule has 0 unspecified atom stereocenters. The molecule has 0 bridgehead atoms. The number of fused-ring (bicyclic) bond motifs is 1. The van der Waals surface area contributed by atoms with Gasteiger partial charge in [-0.1, -0.05) is 18.2 Å². The molecule has 7 heteroatoms. The summed E-state index contributed by atoms with van der Waals surface area (Å²) < 4.78 is 2.06. The largest absolute Gasteiger partial charge is 0.350 e. The first-order chi connectivity index (χ1) is 14.0. The highest BCUT2D eigenvalue weighted by atomic mass is 16.2. The number of para-hydroxylation sites is 1. The second-order valence-corrected chi connectivity index (χ2v) is 7.53. The van der Waals surface area contributed by atoms with Gasteiger partial charge in [-0.3, -0.25) is 14.6 Å². The minimum absolute atomic E-state index is 0.103. The molecule has 29 heavy (non-hydrogen) atoms. The van der Waals surface area contributed by atoms with Crippen LogP contribution in [0.15, 0.2) is 42.9 Å². The number of carbonyl (C=O) groups is 2. The molecule has 1 aliphatic rings. The van der Waals surface area contributed by atoms with Crippen molar-refractivity contribution in [3.05, 3.63) is 59.8 Å². The number of aryl methyl sites for hydroxylation is 2. The van der Waals surface area contributed by atoms with Crippen molar-refractivity contribution in [2.45, 2.75) is 19.8 Å². The molecule has 0 saturated carbocycles. The Kier molecular flexibility index (Phi) is 5.29. The van der Waals surface area contributed by atoms with Crippen LogP contribution in [0.25, 0.3) is 10.9 Å². The van der Waals surface area contributed by atoms with E-state index in [0.717, 1.165) is 28.6 Å². The second-order valence-electron chi connectivity index (χ2n) is 7.53. The van der Waals surface area contributed by atoms with E-state index in [2.05, 4.69) is 26.7 Å². The van der Waals surface area contributed by atoms with Crippen molar-refractivity contribution in [3.8, 4) is 0 Å². The van der Waals surface area contributed by atoms with Crippen molar-refractivity contribution in [2.75, 3.05) is 26.2 Å². The minimum atomic E-state index is -0.124. The van der Waals surface area contributed by atoms with E-state index in [9.17, 15) is 9.59 Å². The van der Waals surface area contributed by atoms with Gasteiger partial charge in [0, 0.05) is 56.5 Å². The third kappa shape index (κ3) is 3.99. The lowest BCUT2D eigenvalue weighted by molar-refractivity contribution is -0.130.